The molecule has 26 heavy (non-hydrogen) atoms. The molecule has 0 aromatic heterocycles. The molecule has 0 atom stereocenters. The zero-order valence-corrected chi connectivity index (χ0v) is 14.8. The van der Waals surface area contributed by atoms with Gasteiger partial charge < -0.3 is 19.5 Å². The highest BCUT2D eigenvalue weighted by atomic mass is 16.5. The van der Waals surface area contributed by atoms with Crippen LogP contribution in [0.25, 0.3) is 0 Å². The van der Waals surface area contributed by atoms with Crippen LogP contribution in [-0.4, -0.2) is 31.3 Å². The maximum absolute atomic E-state index is 12.5. The lowest BCUT2D eigenvalue weighted by molar-refractivity contribution is -0.139. The van der Waals surface area contributed by atoms with Gasteiger partial charge in [0.05, 0.1) is 19.8 Å². The summed E-state index contributed by atoms with van der Waals surface area (Å²) in [5.41, 5.74) is 2.82. The van der Waals surface area contributed by atoms with E-state index in [1.807, 2.05) is 0 Å². The van der Waals surface area contributed by atoms with Gasteiger partial charge in [-0.2, -0.15) is 0 Å². The number of rotatable bonds is 3. The third kappa shape index (κ3) is 3.10. The fraction of sp³-hybridized carbons (Fsp3) is 0.300. The predicted molar refractivity (Wildman–Crippen MR) is 96.6 cm³/mol. The summed E-state index contributed by atoms with van der Waals surface area (Å²) in [5, 5.41) is 10.2. The zero-order valence-electron chi connectivity index (χ0n) is 14.8. The number of phenolic OH excluding ortho intramolecular Hbond substituents is 1. The molecule has 136 valence electrons. The molecule has 0 saturated heterocycles. The Labute approximate surface area is 152 Å². The number of fused-ring (bicyclic) bond motifs is 1. The van der Waals surface area contributed by atoms with Crippen LogP contribution in [0, 0.1) is 0 Å². The molecule has 2 aliphatic rings. The second-order valence-electron chi connectivity index (χ2n) is 6.08. The van der Waals surface area contributed by atoms with Gasteiger partial charge >= 0.3 is 11.9 Å². The molecule has 1 aliphatic carbocycles. The molecule has 0 radical (unpaired) electrons. The van der Waals surface area contributed by atoms with Crippen molar-refractivity contribution in [1.29, 1.82) is 0 Å². The molecule has 0 spiro atoms. The van der Waals surface area contributed by atoms with E-state index in [0.717, 1.165) is 42.5 Å². The second kappa shape index (κ2) is 7.47. The number of phenols is 1. The lowest BCUT2D eigenvalue weighted by Crippen LogP contribution is -2.28. The van der Waals surface area contributed by atoms with E-state index in [2.05, 4.69) is 0 Å². The Hall–Kier alpha value is -3.02. The molecule has 0 bridgehead atoms. The normalized spacial score (nSPS) is 16.2. The lowest BCUT2D eigenvalue weighted by atomic mass is 9.89. The third-order valence-corrected chi connectivity index (χ3v) is 4.63. The van der Waals surface area contributed by atoms with E-state index in [1.54, 1.807) is 35.4 Å². The smallest absolute Gasteiger partial charge is 0.355 e. The van der Waals surface area contributed by atoms with Crippen LogP contribution in [0.1, 0.15) is 24.0 Å². The van der Waals surface area contributed by atoms with E-state index in [4.69, 9.17) is 9.47 Å². The van der Waals surface area contributed by atoms with Crippen molar-refractivity contribution in [3.8, 4) is 5.75 Å². The van der Waals surface area contributed by atoms with E-state index in [0.29, 0.717) is 0 Å². The highest BCUT2D eigenvalue weighted by Crippen LogP contribution is 2.38. The number of benzene rings is 1. The number of anilines is 1. The van der Waals surface area contributed by atoms with Gasteiger partial charge in [-0.3, -0.25) is 0 Å². The molecule has 1 aliphatic heterocycles. The first-order valence-electron chi connectivity index (χ1n) is 8.47. The van der Waals surface area contributed by atoms with Crippen molar-refractivity contribution >= 4 is 17.6 Å². The minimum absolute atomic E-state index is 0.0859. The summed E-state index contributed by atoms with van der Waals surface area (Å²) in [6, 6.07) is 3.38. The minimum atomic E-state index is -0.640. The van der Waals surface area contributed by atoms with Gasteiger partial charge in [-0.25, -0.2) is 9.59 Å². The van der Waals surface area contributed by atoms with Crippen LogP contribution in [0.5, 0.6) is 5.75 Å². The topological polar surface area (TPSA) is 76.1 Å². The Morgan fingerprint density at radius 2 is 1.69 bits per heavy atom. The summed E-state index contributed by atoms with van der Waals surface area (Å²) in [7, 11) is 2.54. The van der Waals surface area contributed by atoms with Crippen LogP contribution in [-0.2, 0) is 31.9 Å². The van der Waals surface area contributed by atoms with E-state index in [9.17, 15) is 14.7 Å². The number of carbonyl (C=O) groups is 2. The van der Waals surface area contributed by atoms with Gasteiger partial charge in [0.15, 0.2) is 0 Å². The first-order valence-corrected chi connectivity index (χ1v) is 8.47. The Balaban J connectivity index is 2.22. The van der Waals surface area contributed by atoms with Crippen molar-refractivity contribution in [3.63, 3.8) is 0 Å². The van der Waals surface area contributed by atoms with Crippen LogP contribution < -0.4 is 4.90 Å². The molecular formula is C20H21NO5. The maximum atomic E-state index is 12.5. The van der Waals surface area contributed by atoms with Gasteiger partial charge in [-0.1, -0.05) is 6.08 Å². The Kier molecular flexibility index (Phi) is 5.11. The van der Waals surface area contributed by atoms with Crippen molar-refractivity contribution < 1.29 is 24.2 Å². The zero-order chi connectivity index (χ0) is 18.7. The average molecular weight is 355 g/mol. The van der Waals surface area contributed by atoms with Crippen LogP contribution in [0.3, 0.4) is 0 Å². The Bertz CT molecular complexity index is 835. The molecule has 0 unspecified atom stereocenters. The van der Waals surface area contributed by atoms with Crippen molar-refractivity contribution in [3.05, 3.63) is 59.0 Å². The number of hydrogen-bond donors (Lipinski definition) is 1. The monoisotopic (exact) mass is 355 g/mol. The maximum Gasteiger partial charge on any atom is 0.355 e. The molecule has 1 heterocycles. The Morgan fingerprint density at radius 3 is 2.38 bits per heavy atom. The largest absolute Gasteiger partial charge is 0.508 e. The van der Waals surface area contributed by atoms with Crippen molar-refractivity contribution in [2.24, 2.45) is 0 Å². The summed E-state index contributed by atoms with van der Waals surface area (Å²) in [5.74, 6) is -1.00. The number of aromatic hydroxyl groups is 1. The highest BCUT2D eigenvalue weighted by Gasteiger charge is 2.30. The van der Waals surface area contributed by atoms with Crippen LogP contribution >= 0.6 is 0 Å². The first-order chi connectivity index (χ1) is 12.6. The summed E-state index contributed by atoms with van der Waals surface area (Å²) in [6.45, 7) is 0. The molecule has 6 heteroatoms. The summed E-state index contributed by atoms with van der Waals surface area (Å²) in [6.07, 6.45) is 10.2. The number of carbonyl (C=O) groups excluding carboxylic acids is 2. The standard InChI is InChI=1S/C20H21NO5/c1-25-19(23)15-9-5-6-12-21(18(15)20(24)26-2)16-10-11-17(22)14-8-4-3-7-13(14)16/h5-6,9-12,22H,3-4,7-8H2,1-2H3. The molecule has 1 aromatic carbocycles. The van der Waals surface area contributed by atoms with Crippen molar-refractivity contribution in [1.82, 2.24) is 0 Å². The SMILES string of the molecule is COC(=O)C1=C(C(=O)OC)N(c2ccc(O)c3c2CCCC3)C=CC=C1. The lowest BCUT2D eigenvalue weighted by Gasteiger charge is -2.28. The summed E-state index contributed by atoms with van der Waals surface area (Å²) in [4.78, 5) is 26.4. The number of methoxy groups -OCH3 is 2. The van der Waals surface area contributed by atoms with Crippen molar-refractivity contribution in [2.45, 2.75) is 25.7 Å². The highest BCUT2D eigenvalue weighted by molar-refractivity contribution is 6.05. The van der Waals surface area contributed by atoms with Gasteiger partial charge in [0.25, 0.3) is 0 Å². The van der Waals surface area contributed by atoms with Gasteiger partial charge in [-0.15, -0.1) is 0 Å². The molecule has 3 rings (SSSR count). The first kappa shape index (κ1) is 17.8. The molecule has 0 saturated carbocycles. The van der Waals surface area contributed by atoms with Crippen molar-refractivity contribution in [2.75, 3.05) is 19.1 Å². The summed E-state index contributed by atoms with van der Waals surface area (Å²) < 4.78 is 9.76. The molecule has 1 N–H and O–H groups in total. The predicted octanol–water partition coefficient (Wildman–Crippen LogP) is 2.76. The number of hydrogen-bond acceptors (Lipinski definition) is 6. The fourth-order valence-electron chi connectivity index (χ4n) is 3.41. The van der Waals surface area contributed by atoms with E-state index in [-0.39, 0.29) is 17.0 Å². The average Bonchev–Trinajstić information content (AvgIpc) is 2.90. The van der Waals surface area contributed by atoms with E-state index >= 15 is 0 Å². The van der Waals surface area contributed by atoms with Crippen LogP contribution in [0.4, 0.5) is 5.69 Å². The molecule has 1 aromatic rings. The van der Waals surface area contributed by atoms with Gasteiger partial charge in [0.1, 0.15) is 11.4 Å². The van der Waals surface area contributed by atoms with Gasteiger partial charge in [0.2, 0.25) is 0 Å². The number of nitrogens with zero attached hydrogens (tertiary/aromatic N) is 1. The van der Waals surface area contributed by atoms with Crippen LogP contribution in [0.2, 0.25) is 0 Å². The van der Waals surface area contributed by atoms with Crippen LogP contribution in [0.15, 0.2) is 47.8 Å². The molecule has 6 nitrogen and oxygen atoms in total. The quantitative estimate of drug-likeness (QED) is 0.840. The minimum Gasteiger partial charge on any atom is -0.508 e. The molecular weight excluding hydrogens is 334 g/mol. The third-order valence-electron chi connectivity index (χ3n) is 4.63. The van der Waals surface area contributed by atoms with Gasteiger partial charge in [0, 0.05) is 11.9 Å². The second-order valence-corrected chi connectivity index (χ2v) is 6.08. The fourth-order valence-corrected chi connectivity index (χ4v) is 3.41. The van der Waals surface area contributed by atoms with E-state index < -0.39 is 11.9 Å². The van der Waals surface area contributed by atoms with E-state index in [1.165, 1.54) is 20.3 Å². The number of allylic oxidation sites excluding steroid dienone is 2. The Morgan fingerprint density at radius 1 is 1.00 bits per heavy atom. The number of ether oxygens (including phenoxy) is 2. The summed E-state index contributed by atoms with van der Waals surface area (Å²) >= 11 is 0. The van der Waals surface area contributed by atoms with Gasteiger partial charge in [-0.05, 0) is 61.1 Å². The molecule has 0 fully saturated rings. The molecule has 0 amide bonds. The number of esters is 2.